The third-order valence-electron chi connectivity index (χ3n) is 12.5. The predicted octanol–water partition coefficient (Wildman–Crippen LogP) is 16.2. The molecular formula is C61H39N3. The van der Waals surface area contributed by atoms with Gasteiger partial charge in [-0.25, -0.2) is 15.0 Å². The Morgan fingerprint density at radius 1 is 0.188 bits per heavy atom. The van der Waals surface area contributed by atoms with Crippen LogP contribution in [0.2, 0.25) is 0 Å². The monoisotopic (exact) mass is 813 g/mol. The molecule has 0 aliphatic heterocycles. The third kappa shape index (κ3) is 6.77. The van der Waals surface area contributed by atoms with Crippen LogP contribution < -0.4 is 0 Å². The fourth-order valence-electron chi connectivity index (χ4n) is 9.32. The Hall–Kier alpha value is -8.53. The highest BCUT2D eigenvalue weighted by atomic mass is 15.0. The SMILES string of the molecule is c1ccc(-c2ccc3cc(-c4cccc(-c5nc(-c6cccc(-c7cc8ccccc8c8ccccc78)c6)nc(-c6cccc7c(-c8ccccc8)cccc67)n5)c4)ccc3c2)cc1. The number of nitrogens with zero attached hydrogens (tertiary/aromatic N) is 3. The third-order valence-corrected chi connectivity index (χ3v) is 12.5. The maximum absolute atomic E-state index is 5.32. The first kappa shape index (κ1) is 37.2. The summed E-state index contributed by atoms with van der Waals surface area (Å²) in [6.45, 7) is 0. The highest BCUT2D eigenvalue weighted by Crippen LogP contribution is 2.39. The molecule has 0 aliphatic rings. The van der Waals surface area contributed by atoms with Crippen LogP contribution in [0, 0.1) is 0 Å². The van der Waals surface area contributed by atoms with Gasteiger partial charge in [-0.15, -0.1) is 0 Å². The van der Waals surface area contributed by atoms with Crippen LogP contribution in [-0.4, -0.2) is 15.0 Å². The van der Waals surface area contributed by atoms with E-state index in [1.807, 2.05) is 0 Å². The molecule has 0 radical (unpaired) electrons. The molecule has 0 spiro atoms. The van der Waals surface area contributed by atoms with Crippen molar-refractivity contribution in [2.24, 2.45) is 0 Å². The molecular weight excluding hydrogens is 775 g/mol. The standard InChI is InChI=1S/C61H39N3/c1-3-15-40(16-4-1)43-31-32-46-36-44(33-34-45(46)35-43)42-20-11-22-49(37-42)59-62-60(64-61(63-59)57-30-14-28-54-51(27-13-29-55(54)57)41-17-5-2-6-18-41)50-23-12-21-47(38-50)58-39-48-19-7-8-24-52(48)53-25-9-10-26-56(53)58/h1-39H. The molecule has 0 N–H and O–H groups in total. The van der Waals surface area contributed by atoms with Crippen LogP contribution in [0.25, 0.3) is 122 Å². The van der Waals surface area contributed by atoms with Gasteiger partial charge in [-0.1, -0.05) is 206 Å². The second-order valence-electron chi connectivity index (χ2n) is 16.4. The Morgan fingerprint density at radius 2 is 0.625 bits per heavy atom. The van der Waals surface area contributed by atoms with Gasteiger partial charge < -0.3 is 0 Å². The Labute approximate surface area is 371 Å². The van der Waals surface area contributed by atoms with Gasteiger partial charge in [0.05, 0.1) is 0 Å². The first-order valence-electron chi connectivity index (χ1n) is 21.8. The van der Waals surface area contributed by atoms with Crippen LogP contribution in [0.4, 0.5) is 0 Å². The molecule has 64 heavy (non-hydrogen) atoms. The number of hydrogen-bond donors (Lipinski definition) is 0. The summed E-state index contributed by atoms with van der Waals surface area (Å²) in [5, 5.41) is 9.54. The lowest BCUT2D eigenvalue weighted by Crippen LogP contribution is -2.01. The van der Waals surface area contributed by atoms with Crippen molar-refractivity contribution in [3.8, 4) is 78.7 Å². The first-order valence-corrected chi connectivity index (χ1v) is 21.8. The van der Waals surface area contributed by atoms with Gasteiger partial charge in [0.1, 0.15) is 0 Å². The molecule has 11 aromatic carbocycles. The van der Waals surface area contributed by atoms with Crippen LogP contribution in [0.1, 0.15) is 0 Å². The van der Waals surface area contributed by atoms with Crippen molar-refractivity contribution >= 4 is 43.1 Å². The Bertz CT molecular complexity index is 3730. The van der Waals surface area contributed by atoms with E-state index in [4.69, 9.17) is 15.0 Å². The number of rotatable bonds is 7. The Kier molecular flexibility index (Phi) is 9.16. The van der Waals surface area contributed by atoms with E-state index >= 15 is 0 Å². The van der Waals surface area contributed by atoms with Crippen LogP contribution in [-0.2, 0) is 0 Å². The summed E-state index contributed by atoms with van der Waals surface area (Å²) in [5.74, 6) is 1.86. The van der Waals surface area contributed by atoms with E-state index in [9.17, 15) is 0 Å². The average molecular weight is 814 g/mol. The number of benzene rings is 11. The molecule has 0 saturated carbocycles. The zero-order chi connectivity index (χ0) is 42.4. The molecule has 0 unspecified atom stereocenters. The zero-order valence-corrected chi connectivity index (χ0v) is 34.9. The summed E-state index contributed by atoms with van der Waals surface area (Å²) in [6, 6.07) is 84.3. The quantitative estimate of drug-likeness (QED) is 0.150. The van der Waals surface area contributed by atoms with Crippen LogP contribution in [0.5, 0.6) is 0 Å². The minimum Gasteiger partial charge on any atom is -0.208 e. The summed E-state index contributed by atoms with van der Waals surface area (Å²) in [5.41, 5.74) is 12.1. The largest absolute Gasteiger partial charge is 0.208 e. The van der Waals surface area contributed by atoms with Crippen molar-refractivity contribution in [2.45, 2.75) is 0 Å². The second-order valence-corrected chi connectivity index (χ2v) is 16.4. The van der Waals surface area contributed by atoms with Gasteiger partial charge in [-0.2, -0.15) is 0 Å². The first-order chi connectivity index (χ1) is 31.7. The van der Waals surface area contributed by atoms with Crippen molar-refractivity contribution in [3.05, 3.63) is 237 Å². The molecule has 0 aliphatic carbocycles. The molecule has 0 amide bonds. The number of aromatic nitrogens is 3. The van der Waals surface area contributed by atoms with E-state index in [0.717, 1.165) is 44.2 Å². The lowest BCUT2D eigenvalue weighted by molar-refractivity contribution is 1.08. The Balaban J connectivity index is 1.01. The van der Waals surface area contributed by atoms with Gasteiger partial charge in [-0.05, 0) is 118 Å². The smallest absolute Gasteiger partial charge is 0.164 e. The summed E-state index contributed by atoms with van der Waals surface area (Å²) in [7, 11) is 0. The molecule has 3 nitrogen and oxygen atoms in total. The molecule has 298 valence electrons. The van der Waals surface area contributed by atoms with Gasteiger partial charge in [0, 0.05) is 16.7 Å². The van der Waals surface area contributed by atoms with Crippen molar-refractivity contribution in [2.75, 3.05) is 0 Å². The van der Waals surface area contributed by atoms with Crippen molar-refractivity contribution in [1.29, 1.82) is 0 Å². The van der Waals surface area contributed by atoms with E-state index in [2.05, 4.69) is 237 Å². The lowest BCUT2D eigenvalue weighted by Gasteiger charge is -2.14. The number of hydrogen-bond acceptors (Lipinski definition) is 3. The Morgan fingerprint density at radius 3 is 1.33 bits per heavy atom. The number of fused-ring (bicyclic) bond motifs is 5. The molecule has 12 aromatic rings. The van der Waals surface area contributed by atoms with Crippen LogP contribution in [0.3, 0.4) is 0 Å². The molecule has 3 heteroatoms. The van der Waals surface area contributed by atoms with Crippen molar-refractivity contribution in [3.63, 3.8) is 0 Å². The highest BCUT2D eigenvalue weighted by Gasteiger charge is 2.18. The molecule has 0 fully saturated rings. The molecule has 1 heterocycles. The van der Waals surface area contributed by atoms with E-state index in [1.165, 1.54) is 60.1 Å². The zero-order valence-electron chi connectivity index (χ0n) is 34.9. The maximum Gasteiger partial charge on any atom is 0.164 e. The summed E-state index contributed by atoms with van der Waals surface area (Å²) < 4.78 is 0. The fourth-order valence-corrected chi connectivity index (χ4v) is 9.32. The fraction of sp³-hybridized carbons (Fsp3) is 0. The van der Waals surface area contributed by atoms with Gasteiger partial charge in [0.2, 0.25) is 0 Å². The summed E-state index contributed by atoms with van der Waals surface area (Å²) in [4.78, 5) is 15.9. The highest BCUT2D eigenvalue weighted by molar-refractivity contribution is 6.14. The topological polar surface area (TPSA) is 38.7 Å². The van der Waals surface area contributed by atoms with E-state index in [-0.39, 0.29) is 0 Å². The van der Waals surface area contributed by atoms with Gasteiger partial charge >= 0.3 is 0 Å². The molecule has 1 aromatic heterocycles. The molecule has 0 atom stereocenters. The van der Waals surface area contributed by atoms with E-state index in [1.54, 1.807) is 0 Å². The van der Waals surface area contributed by atoms with Crippen molar-refractivity contribution < 1.29 is 0 Å². The molecule has 0 saturated heterocycles. The van der Waals surface area contributed by atoms with Gasteiger partial charge in [0.15, 0.2) is 17.5 Å². The molecule has 0 bridgehead atoms. The molecule has 12 rings (SSSR count). The van der Waals surface area contributed by atoms with Crippen molar-refractivity contribution in [1.82, 2.24) is 15.0 Å². The van der Waals surface area contributed by atoms with Crippen LogP contribution >= 0.6 is 0 Å². The van der Waals surface area contributed by atoms with Gasteiger partial charge in [0.25, 0.3) is 0 Å². The second kappa shape index (κ2) is 15.7. The van der Waals surface area contributed by atoms with E-state index < -0.39 is 0 Å². The minimum atomic E-state index is 0.618. The maximum atomic E-state index is 5.32. The average Bonchev–Trinajstić information content (AvgIpc) is 3.38. The van der Waals surface area contributed by atoms with Crippen LogP contribution in [0.15, 0.2) is 237 Å². The normalized spacial score (nSPS) is 11.4. The predicted molar refractivity (Wildman–Crippen MR) is 268 cm³/mol. The lowest BCUT2D eigenvalue weighted by atomic mass is 9.92. The van der Waals surface area contributed by atoms with Gasteiger partial charge in [-0.3, -0.25) is 0 Å². The van der Waals surface area contributed by atoms with E-state index in [0.29, 0.717) is 17.5 Å². The summed E-state index contributed by atoms with van der Waals surface area (Å²) >= 11 is 0. The summed E-state index contributed by atoms with van der Waals surface area (Å²) in [6.07, 6.45) is 0. The minimum absolute atomic E-state index is 0.618.